The minimum atomic E-state index is 0.966. The summed E-state index contributed by atoms with van der Waals surface area (Å²) in [7, 11) is 0. The molecule has 2 aromatic rings. The van der Waals surface area contributed by atoms with Gasteiger partial charge in [0.1, 0.15) is 11.3 Å². The molecule has 0 saturated carbocycles. The number of nitrogens with one attached hydrogen (secondary N) is 2. The molecular weight excluding hydrogens is 176 g/mol. The first-order chi connectivity index (χ1) is 6.95. The predicted octanol–water partition coefficient (Wildman–Crippen LogP) is 2.30. The largest absolute Gasteiger partial charge is 0.459 e. The van der Waals surface area contributed by atoms with Crippen LogP contribution in [0.2, 0.25) is 0 Å². The molecule has 2 heterocycles. The molecular formula is C11H12N2O. The van der Waals surface area contributed by atoms with Gasteiger partial charge in [-0.25, -0.2) is 5.43 Å². The molecule has 0 atom stereocenters. The molecule has 3 rings (SSSR count). The summed E-state index contributed by atoms with van der Waals surface area (Å²) in [5.41, 5.74) is 8.45. The van der Waals surface area contributed by atoms with Crippen molar-refractivity contribution in [2.24, 2.45) is 0 Å². The number of hydrogen-bond donors (Lipinski definition) is 2. The van der Waals surface area contributed by atoms with E-state index in [1.807, 2.05) is 18.2 Å². The smallest absolute Gasteiger partial charge is 0.136 e. The topological polar surface area (TPSA) is 37.2 Å². The van der Waals surface area contributed by atoms with E-state index in [1.165, 1.54) is 0 Å². The number of hydrogen-bond acceptors (Lipinski definition) is 3. The van der Waals surface area contributed by atoms with Crippen LogP contribution in [0.1, 0.15) is 12.2 Å². The van der Waals surface area contributed by atoms with E-state index in [4.69, 9.17) is 4.42 Å². The Morgan fingerprint density at radius 2 is 2.14 bits per heavy atom. The van der Waals surface area contributed by atoms with Crippen LogP contribution in [0.25, 0.3) is 11.0 Å². The summed E-state index contributed by atoms with van der Waals surface area (Å²) < 4.78 is 5.77. The van der Waals surface area contributed by atoms with Gasteiger partial charge >= 0.3 is 0 Å². The van der Waals surface area contributed by atoms with Crippen molar-refractivity contribution in [2.75, 3.05) is 12.0 Å². The highest BCUT2D eigenvalue weighted by atomic mass is 16.3. The lowest BCUT2D eigenvalue weighted by Gasteiger charge is -2.01. The van der Waals surface area contributed by atoms with E-state index >= 15 is 0 Å². The molecule has 1 aliphatic rings. The minimum Gasteiger partial charge on any atom is -0.459 e. The van der Waals surface area contributed by atoms with Crippen LogP contribution >= 0.6 is 0 Å². The fourth-order valence-corrected chi connectivity index (χ4v) is 1.90. The van der Waals surface area contributed by atoms with Crippen molar-refractivity contribution in [1.29, 1.82) is 0 Å². The number of benzene rings is 1. The van der Waals surface area contributed by atoms with E-state index < -0.39 is 0 Å². The Kier molecular flexibility index (Phi) is 1.70. The van der Waals surface area contributed by atoms with Crippen molar-refractivity contribution in [3.05, 3.63) is 30.0 Å². The van der Waals surface area contributed by atoms with Gasteiger partial charge in [0, 0.05) is 18.4 Å². The van der Waals surface area contributed by atoms with Gasteiger partial charge in [-0.15, -0.1) is 0 Å². The number of para-hydroxylation sites is 1. The second-order valence-corrected chi connectivity index (χ2v) is 3.55. The quantitative estimate of drug-likeness (QED) is 0.666. The average Bonchev–Trinajstić information content (AvgIpc) is 2.42. The lowest BCUT2D eigenvalue weighted by molar-refractivity contribution is 0.544. The van der Waals surface area contributed by atoms with E-state index in [0.29, 0.717) is 0 Å². The monoisotopic (exact) mass is 188 g/mol. The van der Waals surface area contributed by atoms with Gasteiger partial charge < -0.3 is 9.84 Å². The van der Waals surface area contributed by atoms with E-state index in [0.717, 1.165) is 41.8 Å². The summed E-state index contributed by atoms with van der Waals surface area (Å²) >= 11 is 0. The van der Waals surface area contributed by atoms with Crippen LogP contribution in [0.4, 0.5) is 5.69 Å². The predicted molar refractivity (Wildman–Crippen MR) is 56.2 cm³/mol. The van der Waals surface area contributed by atoms with Crippen molar-refractivity contribution >= 4 is 16.7 Å². The van der Waals surface area contributed by atoms with Gasteiger partial charge in [-0.1, -0.05) is 12.1 Å². The molecule has 1 aliphatic heterocycles. The maximum atomic E-state index is 5.77. The Morgan fingerprint density at radius 1 is 1.21 bits per heavy atom. The van der Waals surface area contributed by atoms with Crippen LogP contribution in [-0.4, -0.2) is 6.54 Å². The maximum Gasteiger partial charge on any atom is 0.136 e. The lowest BCUT2D eigenvalue weighted by Crippen LogP contribution is -2.20. The first-order valence-electron chi connectivity index (χ1n) is 4.94. The Labute approximate surface area is 82.1 Å². The Bertz CT molecular complexity index is 461. The fraction of sp³-hybridized carbons (Fsp3) is 0.273. The van der Waals surface area contributed by atoms with Gasteiger partial charge in [0.25, 0.3) is 0 Å². The molecule has 1 aromatic heterocycles. The molecule has 0 fully saturated rings. The molecule has 0 bridgehead atoms. The molecule has 72 valence electrons. The van der Waals surface area contributed by atoms with E-state index in [9.17, 15) is 0 Å². The third kappa shape index (κ3) is 1.09. The van der Waals surface area contributed by atoms with Crippen molar-refractivity contribution < 1.29 is 4.42 Å². The minimum absolute atomic E-state index is 0.966. The van der Waals surface area contributed by atoms with E-state index in [-0.39, 0.29) is 0 Å². The van der Waals surface area contributed by atoms with Crippen molar-refractivity contribution in [3.63, 3.8) is 0 Å². The molecule has 1 aromatic carbocycles. The van der Waals surface area contributed by atoms with Gasteiger partial charge in [0.2, 0.25) is 0 Å². The molecule has 0 amide bonds. The van der Waals surface area contributed by atoms with Crippen LogP contribution < -0.4 is 10.9 Å². The summed E-state index contributed by atoms with van der Waals surface area (Å²) in [4.78, 5) is 0. The van der Waals surface area contributed by atoms with E-state index in [2.05, 4.69) is 16.9 Å². The highest BCUT2D eigenvalue weighted by Crippen LogP contribution is 2.31. The van der Waals surface area contributed by atoms with Gasteiger partial charge in [-0.2, -0.15) is 0 Å². The Hall–Kier alpha value is -1.48. The molecule has 3 nitrogen and oxygen atoms in total. The summed E-state index contributed by atoms with van der Waals surface area (Å²) in [5.74, 6) is 1.07. The third-order valence-electron chi connectivity index (χ3n) is 2.59. The molecule has 0 unspecified atom stereocenters. The first-order valence-corrected chi connectivity index (χ1v) is 4.94. The average molecular weight is 188 g/mol. The van der Waals surface area contributed by atoms with Gasteiger partial charge in [-0.05, 0) is 18.6 Å². The summed E-state index contributed by atoms with van der Waals surface area (Å²) in [6, 6.07) is 8.12. The molecule has 14 heavy (non-hydrogen) atoms. The zero-order valence-electron chi connectivity index (χ0n) is 7.84. The second-order valence-electron chi connectivity index (χ2n) is 3.55. The molecule has 3 heteroatoms. The zero-order valence-corrected chi connectivity index (χ0v) is 7.84. The van der Waals surface area contributed by atoms with Gasteiger partial charge in [0.05, 0.1) is 5.69 Å². The molecule has 0 radical (unpaired) electrons. The fourth-order valence-electron chi connectivity index (χ4n) is 1.90. The standard InChI is InChI=1S/C11H12N2O/c1-2-5-9-8(4-1)11-10(14-9)6-3-7-12-13-11/h1-2,4-5,12-13H,3,6-7H2. The summed E-state index contributed by atoms with van der Waals surface area (Å²) in [6.07, 6.45) is 2.11. The number of anilines is 1. The van der Waals surface area contributed by atoms with Crippen LogP contribution in [-0.2, 0) is 6.42 Å². The summed E-state index contributed by atoms with van der Waals surface area (Å²) in [5, 5.41) is 1.16. The van der Waals surface area contributed by atoms with Crippen LogP contribution in [0.5, 0.6) is 0 Å². The maximum absolute atomic E-state index is 5.77. The normalized spacial score (nSPS) is 16.0. The SMILES string of the molecule is c1ccc2c3c(oc2c1)CCCNN3. The molecule has 2 N–H and O–H groups in total. The summed E-state index contributed by atoms with van der Waals surface area (Å²) in [6.45, 7) is 0.985. The van der Waals surface area contributed by atoms with Crippen molar-refractivity contribution in [3.8, 4) is 0 Å². The number of rotatable bonds is 0. The second kappa shape index (κ2) is 3.03. The number of fused-ring (bicyclic) bond motifs is 3. The molecule has 0 saturated heterocycles. The third-order valence-corrected chi connectivity index (χ3v) is 2.59. The van der Waals surface area contributed by atoms with Gasteiger partial charge in [-0.3, -0.25) is 0 Å². The number of hydrazine groups is 1. The Morgan fingerprint density at radius 3 is 3.14 bits per heavy atom. The van der Waals surface area contributed by atoms with E-state index in [1.54, 1.807) is 0 Å². The highest BCUT2D eigenvalue weighted by molar-refractivity contribution is 5.92. The Balaban J connectivity index is 2.24. The van der Waals surface area contributed by atoms with Crippen molar-refractivity contribution in [2.45, 2.75) is 12.8 Å². The van der Waals surface area contributed by atoms with Crippen LogP contribution in [0.15, 0.2) is 28.7 Å². The lowest BCUT2D eigenvalue weighted by atomic mass is 10.2. The van der Waals surface area contributed by atoms with Crippen LogP contribution in [0.3, 0.4) is 0 Å². The molecule has 0 aliphatic carbocycles. The van der Waals surface area contributed by atoms with Crippen LogP contribution in [0, 0.1) is 0 Å². The molecule has 0 spiro atoms. The highest BCUT2D eigenvalue weighted by Gasteiger charge is 2.15. The number of aryl methyl sites for hydroxylation is 1. The first kappa shape index (κ1) is 7.88. The zero-order chi connectivity index (χ0) is 9.38. The van der Waals surface area contributed by atoms with Crippen molar-refractivity contribution in [1.82, 2.24) is 5.43 Å². The van der Waals surface area contributed by atoms with Gasteiger partial charge in [0.15, 0.2) is 0 Å². The number of furan rings is 1.